The molecule has 1 amide bonds. The van der Waals surface area contributed by atoms with Gasteiger partial charge in [0.1, 0.15) is 11.5 Å². The number of hydrogen-bond donors (Lipinski definition) is 1. The molecule has 7 nitrogen and oxygen atoms in total. The lowest BCUT2D eigenvalue weighted by molar-refractivity contribution is 0.0600. The van der Waals surface area contributed by atoms with E-state index in [0.29, 0.717) is 22.9 Å². The molecule has 0 radical (unpaired) electrons. The minimum Gasteiger partial charge on any atom is -0.465 e. The molecule has 1 aromatic carbocycles. The number of anilines is 2. The summed E-state index contributed by atoms with van der Waals surface area (Å²) in [6.45, 7) is 14.9. The molecule has 2 heterocycles. The summed E-state index contributed by atoms with van der Waals surface area (Å²) in [7, 11) is 0.195. The summed E-state index contributed by atoms with van der Waals surface area (Å²) >= 11 is 0. The highest BCUT2D eigenvalue weighted by atomic mass is 32.3. The summed E-state index contributed by atoms with van der Waals surface area (Å²) in [6.07, 6.45) is 6.69. The van der Waals surface area contributed by atoms with Crippen LogP contribution in [0, 0.1) is 26.7 Å². The monoisotopic (exact) mass is 529 g/mol. The van der Waals surface area contributed by atoms with E-state index in [0.717, 1.165) is 55.0 Å². The van der Waals surface area contributed by atoms with Crippen LogP contribution in [0.25, 0.3) is 0 Å². The Balaban J connectivity index is 1.75. The lowest BCUT2D eigenvalue weighted by atomic mass is 9.99. The van der Waals surface area contributed by atoms with Crippen LogP contribution in [-0.2, 0) is 8.92 Å². The summed E-state index contributed by atoms with van der Waals surface area (Å²) < 4.78 is 11.4. The van der Waals surface area contributed by atoms with E-state index in [1.807, 2.05) is 32.9 Å². The van der Waals surface area contributed by atoms with Gasteiger partial charge in [-0.2, -0.15) is 0 Å². The first kappa shape index (κ1) is 29.0. The van der Waals surface area contributed by atoms with Crippen LogP contribution < -0.4 is 10.2 Å². The van der Waals surface area contributed by atoms with Crippen LogP contribution >= 0.6 is 10.3 Å². The van der Waals surface area contributed by atoms with Gasteiger partial charge in [-0.25, -0.2) is 9.78 Å². The van der Waals surface area contributed by atoms with Crippen molar-refractivity contribution >= 4 is 33.7 Å². The van der Waals surface area contributed by atoms with Gasteiger partial charge in [-0.15, -0.1) is 10.3 Å². The molecule has 2 aromatic rings. The number of amides is 1. The maximum Gasteiger partial charge on any atom is 0.337 e. The molecule has 1 unspecified atom stereocenters. The van der Waals surface area contributed by atoms with Crippen LogP contribution in [-0.4, -0.2) is 60.9 Å². The van der Waals surface area contributed by atoms with E-state index >= 15 is 0 Å². The third-order valence-electron chi connectivity index (χ3n) is 7.41. The summed E-state index contributed by atoms with van der Waals surface area (Å²) in [4.78, 5) is 32.3. The first-order valence-corrected chi connectivity index (χ1v) is 15.2. The number of nitrogens with one attached hydrogen (secondary N) is 1. The number of esters is 1. The molecule has 8 heteroatoms. The third kappa shape index (κ3) is 6.85. The number of methoxy groups -OCH3 is 1. The second-order valence-corrected chi connectivity index (χ2v) is 15.3. The first-order chi connectivity index (χ1) is 17.2. The second-order valence-electron chi connectivity index (χ2n) is 11.4. The number of carbonyl (C=O) groups is 2. The molecular weight excluding hydrogens is 486 g/mol. The molecule has 0 saturated carbocycles. The molecule has 1 saturated heterocycles. The molecule has 0 bridgehead atoms. The van der Waals surface area contributed by atoms with Crippen LogP contribution in [0.1, 0.15) is 71.1 Å². The van der Waals surface area contributed by atoms with Crippen LogP contribution in [0.3, 0.4) is 0 Å². The van der Waals surface area contributed by atoms with Crippen LogP contribution in [0.5, 0.6) is 0 Å². The molecule has 0 aliphatic carbocycles. The standard InChI is InChI=1S/C29H43N3O4S/c1-19-12-13-24(32-14-10-11-22(17-32)18-36-37(8,9)29(4,5)6)30-26(19)27(33)31-25-20(2)15-23(16-21(25)3)28(34)35-7/h12-13,15-16,22H,10-11,14,17-18H2,1-9H3,(H,31,33). The van der Waals surface area contributed by atoms with Crippen LogP contribution in [0.2, 0.25) is 0 Å². The van der Waals surface area contributed by atoms with E-state index in [9.17, 15) is 9.59 Å². The van der Waals surface area contributed by atoms with Gasteiger partial charge in [0.25, 0.3) is 5.91 Å². The van der Waals surface area contributed by atoms with Gasteiger partial charge in [0.15, 0.2) is 0 Å². The SMILES string of the molecule is COC(=O)c1cc(C)c(NC(=O)c2nc(N3CCCC(COS(C)(C)C(C)(C)C)C3)ccc2C)c(C)c1. The number of rotatable bonds is 7. The number of carbonyl (C=O) groups excluding carboxylic acids is 2. The number of nitrogens with zero attached hydrogens (tertiary/aromatic N) is 2. The fraction of sp³-hybridized carbons (Fsp3) is 0.552. The normalized spacial score (nSPS) is 16.9. The van der Waals surface area contributed by atoms with Crippen molar-refractivity contribution in [2.75, 3.05) is 49.5 Å². The van der Waals surface area contributed by atoms with Crippen LogP contribution in [0.15, 0.2) is 24.3 Å². The number of ether oxygens (including phenoxy) is 1. The van der Waals surface area contributed by atoms with Gasteiger partial charge < -0.3 is 19.1 Å². The Morgan fingerprint density at radius 2 is 1.76 bits per heavy atom. The minimum absolute atomic E-state index is 0.137. The Hall–Kier alpha value is -2.58. The zero-order chi connectivity index (χ0) is 27.5. The maximum absolute atomic E-state index is 13.3. The van der Waals surface area contributed by atoms with Crippen molar-refractivity contribution in [3.8, 4) is 0 Å². The first-order valence-electron chi connectivity index (χ1n) is 12.8. The molecular formula is C29H43N3O4S. The van der Waals surface area contributed by atoms with Crippen molar-refractivity contribution in [2.24, 2.45) is 5.92 Å². The van der Waals surface area contributed by atoms with Gasteiger partial charge in [0.05, 0.1) is 19.3 Å². The van der Waals surface area contributed by atoms with Crippen molar-refractivity contribution in [3.05, 3.63) is 52.2 Å². The molecule has 1 aliphatic rings. The summed E-state index contributed by atoms with van der Waals surface area (Å²) in [5.74, 6) is 0.589. The van der Waals surface area contributed by atoms with Crippen molar-refractivity contribution < 1.29 is 18.5 Å². The zero-order valence-corrected chi connectivity index (χ0v) is 24.7. The Labute approximate surface area is 223 Å². The van der Waals surface area contributed by atoms with Gasteiger partial charge in [-0.3, -0.25) is 4.79 Å². The van der Waals surface area contributed by atoms with E-state index in [2.05, 4.69) is 43.5 Å². The molecule has 1 aliphatic heterocycles. The second kappa shape index (κ2) is 11.4. The Morgan fingerprint density at radius 3 is 2.35 bits per heavy atom. The molecule has 3 rings (SSSR count). The van der Waals surface area contributed by atoms with Crippen molar-refractivity contribution in [2.45, 2.75) is 59.1 Å². The number of aromatic nitrogens is 1. The number of piperidine rings is 1. The maximum atomic E-state index is 13.3. The predicted octanol–water partition coefficient (Wildman–Crippen LogP) is 6.06. The van der Waals surface area contributed by atoms with E-state index in [-0.39, 0.29) is 10.7 Å². The minimum atomic E-state index is -1.16. The quantitative estimate of drug-likeness (QED) is 0.440. The van der Waals surface area contributed by atoms with Crippen molar-refractivity contribution in [1.29, 1.82) is 0 Å². The van der Waals surface area contributed by atoms with Gasteiger partial charge in [0.2, 0.25) is 0 Å². The van der Waals surface area contributed by atoms with Gasteiger partial charge >= 0.3 is 5.97 Å². The fourth-order valence-corrected chi connectivity index (χ4v) is 5.23. The molecule has 1 aromatic heterocycles. The lowest BCUT2D eigenvalue weighted by Gasteiger charge is -2.45. The molecule has 1 atom stereocenters. The summed E-state index contributed by atoms with van der Waals surface area (Å²) in [6, 6.07) is 7.42. The van der Waals surface area contributed by atoms with E-state index in [4.69, 9.17) is 13.9 Å². The smallest absolute Gasteiger partial charge is 0.337 e. The average Bonchev–Trinajstić information content (AvgIpc) is 2.84. The zero-order valence-electron chi connectivity index (χ0n) is 23.9. The molecule has 37 heavy (non-hydrogen) atoms. The van der Waals surface area contributed by atoms with E-state index in [1.54, 1.807) is 12.1 Å². The number of hydrogen-bond acceptors (Lipinski definition) is 6. The number of pyridine rings is 1. The Kier molecular flexibility index (Phi) is 8.96. The Bertz CT molecular complexity index is 1130. The topological polar surface area (TPSA) is 80.8 Å². The van der Waals surface area contributed by atoms with Gasteiger partial charge in [-0.05, 0) is 81.0 Å². The third-order valence-corrected chi connectivity index (χ3v) is 11.1. The number of benzene rings is 1. The average molecular weight is 530 g/mol. The van der Waals surface area contributed by atoms with Gasteiger partial charge in [-0.1, -0.05) is 26.8 Å². The predicted molar refractivity (Wildman–Crippen MR) is 154 cm³/mol. The van der Waals surface area contributed by atoms with Gasteiger partial charge in [0, 0.05) is 29.4 Å². The van der Waals surface area contributed by atoms with Crippen LogP contribution in [0.4, 0.5) is 11.5 Å². The summed E-state index contributed by atoms with van der Waals surface area (Å²) in [5.41, 5.74) is 3.95. The summed E-state index contributed by atoms with van der Waals surface area (Å²) in [5, 5.41) is 3.02. The fourth-order valence-electron chi connectivity index (χ4n) is 4.35. The molecule has 204 valence electrons. The highest BCUT2D eigenvalue weighted by Gasteiger charge is 2.31. The molecule has 0 spiro atoms. The highest BCUT2D eigenvalue weighted by Crippen LogP contribution is 2.54. The molecule has 1 N–H and O–H groups in total. The van der Waals surface area contributed by atoms with Crippen molar-refractivity contribution in [3.63, 3.8) is 0 Å². The molecule has 1 fully saturated rings. The van der Waals surface area contributed by atoms with Crippen molar-refractivity contribution in [1.82, 2.24) is 4.98 Å². The lowest BCUT2D eigenvalue weighted by Crippen LogP contribution is -2.38. The van der Waals surface area contributed by atoms with E-state index in [1.165, 1.54) is 7.11 Å². The highest BCUT2D eigenvalue weighted by molar-refractivity contribution is 8.29. The largest absolute Gasteiger partial charge is 0.465 e. The Morgan fingerprint density at radius 1 is 1.11 bits per heavy atom. The van der Waals surface area contributed by atoms with E-state index < -0.39 is 16.3 Å². The number of aryl methyl sites for hydroxylation is 3.